The van der Waals surface area contributed by atoms with Crippen LogP contribution in [-0.2, 0) is 4.74 Å². The van der Waals surface area contributed by atoms with Gasteiger partial charge in [0.05, 0.1) is 0 Å². The van der Waals surface area contributed by atoms with Crippen LogP contribution in [0.1, 0.15) is 0 Å². The van der Waals surface area contributed by atoms with Gasteiger partial charge in [0.15, 0.2) is 0 Å². The highest BCUT2D eigenvalue weighted by Gasteiger charge is 1.84. The van der Waals surface area contributed by atoms with Crippen molar-refractivity contribution in [3.05, 3.63) is 12.7 Å². The molecule has 0 bridgehead atoms. The molecule has 0 aliphatic heterocycles. The standard InChI is InChI=1S/C4H7NO2.FH/c1-2-3-7-4(5)6;/h2H,1,3H2,(H2,5,6);1H. The van der Waals surface area contributed by atoms with Crippen LogP contribution in [0, 0.1) is 0 Å². The van der Waals surface area contributed by atoms with Crippen molar-refractivity contribution in [1.82, 2.24) is 0 Å². The fourth-order valence-corrected chi connectivity index (χ4v) is 0.141. The molecule has 0 saturated heterocycles. The van der Waals surface area contributed by atoms with Gasteiger partial charge in [-0.1, -0.05) is 12.7 Å². The van der Waals surface area contributed by atoms with Crippen LogP contribution in [0.3, 0.4) is 0 Å². The average Bonchev–Trinajstić information content (AvgIpc) is 1.61. The molecule has 0 spiro atoms. The zero-order chi connectivity index (χ0) is 5.70. The van der Waals surface area contributed by atoms with E-state index in [2.05, 4.69) is 17.0 Å². The summed E-state index contributed by atoms with van der Waals surface area (Å²) in [7, 11) is 0. The number of amides is 1. The van der Waals surface area contributed by atoms with Crippen LogP contribution in [0.2, 0.25) is 0 Å². The molecular weight excluding hydrogens is 113 g/mol. The van der Waals surface area contributed by atoms with E-state index in [1.807, 2.05) is 0 Å². The molecule has 0 rings (SSSR count). The Balaban J connectivity index is 0. The Morgan fingerprint density at radius 3 is 2.50 bits per heavy atom. The van der Waals surface area contributed by atoms with Crippen molar-refractivity contribution in [1.29, 1.82) is 0 Å². The van der Waals surface area contributed by atoms with Gasteiger partial charge in [-0.15, -0.1) is 0 Å². The van der Waals surface area contributed by atoms with E-state index in [9.17, 15) is 4.79 Å². The lowest BCUT2D eigenvalue weighted by molar-refractivity contribution is 0.169. The summed E-state index contributed by atoms with van der Waals surface area (Å²) in [5.74, 6) is 0. The summed E-state index contributed by atoms with van der Waals surface area (Å²) >= 11 is 0. The zero-order valence-electron chi connectivity index (χ0n) is 4.29. The fourth-order valence-electron chi connectivity index (χ4n) is 0.141. The van der Waals surface area contributed by atoms with Crippen molar-refractivity contribution in [3.63, 3.8) is 0 Å². The summed E-state index contributed by atoms with van der Waals surface area (Å²) in [6.45, 7) is 3.49. The van der Waals surface area contributed by atoms with Crippen molar-refractivity contribution in [3.8, 4) is 0 Å². The first-order valence-corrected chi connectivity index (χ1v) is 1.80. The lowest BCUT2D eigenvalue weighted by Gasteiger charge is -1.90. The molecule has 3 nitrogen and oxygen atoms in total. The Bertz CT molecular complexity index is 84.1. The maximum absolute atomic E-state index is 9.71. The first kappa shape index (κ1) is 10.0. The minimum Gasteiger partial charge on any atom is -0.445 e. The third-order valence-corrected chi connectivity index (χ3v) is 0.343. The van der Waals surface area contributed by atoms with Crippen LogP contribution in [0.15, 0.2) is 12.7 Å². The van der Waals surface area contributed by atoms with Crippen LogP contribution in [0.5, 0.6) is 0 Å². The minimum atomic E-state index is -0.764. The summed E-state index contributed by atoms with van der Waals surface area (Å²) in [6.07, 6.45) is 0.685. The predicted octanol–water partition coefficient (Wildman–Crippen LogP) is 0.420. The van der Waals surface area contributed by atoms with Gasteiger partial charge in [0.2, 0.25) is 0 Å². The van der Waals surface area contributed by atoms with E-state index in [1.165, 1.54) is 6.08 Å². The Kier molecular flexibility index (Phi) is 7.45. The van der Waals surface area contributed by atoms with Crippen molar-refractivity contribution in [2.75, 3.05) is 6.61 Å². The van der Waals surface area contributed by atoms with E-state index < -0.39 is 6.09 Å². The first-order chi connectivity index (χ1) is 3.27. The SMILES string of the molecule is C=CCOC(N)=O.F. The molecule has 0 fully saturated rings. The summed E-state index contributed by atoms with van der Waals surface area (Å²) < 4.78 is 4.21. The molecule has 0 aromatic rings. The number of primary amides is 1. The van der Waals surface area contributed by atoms with Crippen LogP contribution >= 0.6 is 0 Å². The van der Waals surface area contributed by atoms with Gasteiger partial charge in [-0.25, -0.2) is 4.79 Å². The molecule has 0 aliphatic rings. The van der Waals surface area contributed by atoms with Crippen LogP contribution in [-0.4, -0.2) is 12.7 Å². The Morgan fingerprint density at radius 1 is 1.88 bits per heavy atom. The molecule has 0 aromatic carbocycles. The van der Waals surface area contributed by atoms with Crippen LogP contribution in [0.25, 0.3) is 0 Å². The Hall–Kier alpha value is -1.06. The number of ether oxygens (including phenoxy) is 1. The molecule has 0 aromatic heterocycles. The van der Waals surface area contributed by atoms with Gasteiger partial charge in [0.25, 0.3) is 0 Å². The molecule has 4 heteroatoms. The zero-order valence-corrected chi connectivity index (χ0v) is 4.29. The van der Waals surface area contributed by atoms with Crippen molar-refractivity contribution in [2.45, 2.75) is 0 Å². The van der Waals surface area contributed by atoms with E-state index in [1.54, 1.807) is 0 Å². The van der Waals surface area contributed by atoms with E-state index in [-0.39, 0.29) is 11.3 Å². The molecule has 0 saturated carbocycles. The van der Waals surface area contributed by atoms with Gasteiger partial charge in [0, 0.05) is 0 Å². The highest BCUT2D eigenvalue weighted by Crippen LogP contribution is 1.70. The summed E-state index contributed by atoms with van der Waals surface area (Å²) in [5.41, 5.74) is 4.57. The number of hydrogen-bond donors (Lipinski definition) is 1. The number of nitrogens with two attached hydrogens (primary N) is 1. The predicted molar refractivity (Wildman–Crippen MR) is 28.2 cm³/mol. The topological polar surface area (TPSA) is 52.3 Å². The normalized spacial score (nSPS) is 6.50. The minimum absolute atomic E-state index is 0. The van der Waals surface area contributed by atoms with Crippen molar-refractivity contribution >= 4 is 6.09 Å². The molecule has 0 radical (unpaired) electrons. The number of carbonyl (C=O) groups excluding carboxylic acids is 1. The highest BCUT2D eigenvalue weighted by atomic mass is 19.0. The van der Waals surface area contributed by atoms with Crippen molar-refractivity contribution in [2.24, 2.45) is 5.73 Å². The molecule has 0 unspecified atom stereocenters. The quantitative estimate of drug-likeness (QED) is 0.538. The largest absolute Gasteiger partial charge is 0.445 e. The first-order valence-electron chi connectivity index (χ1n) is 1.80. The van der Waals surface area contributed by atoms with Gasteiger partial charge in [-0.2, -0.15) is 0 Å². The highest BCUT2D eigenvalue weighted by molar-refractivity contribution is 5.64. The average molecular weight is 121 g/mol. The molecule has 0 aliphatic carbocycles. The molecule has 0 atom stereocenters. The number of hydrogen-bond acceptors (Lipinski definition) is 2. The monoisotopic (exact) mass is 121 g/mol. The second-order valence-corrected chi connectivity index (χ2v) is 0.919. The van der Waals surface area contributed by atoms with Crippen LogP contribution in [0.4, 0.5) is 9.50 Å². The van der Waals surface area contributed by atoms with Gasteiger partial charge >= 0.3 is 6.09 Å². The van der Waals surface area contributed by atoms with Crippen molar-refractivity contribution < 1.29 is 14.2 Å². The summed E-state index contributed by atoms with van der Waals surface area (Å²) in [6, 6.07) is 0. The maximum atomic E-state index is 9.71. The molecule has 48 valence electrons. The smallest absolute Gasteiger partial charge is 0.404 e. The van der Waals surface area contributed by atoms with Gasteiger partial charge in [-0.05, 0) is 0 Å². The molecule has 8 heavy (non-hydrogen) atoms. The maximum Gasteiger partial charge on any atom is 0.404 e. The van der Waals surface area contributed by atoms with Gasteiger partial charge in [0.1, 0.15) is 6.61 Å². The van der Waals surface area contributed by atoms with E-state index >= 15 is 0 Å². The molecule has 0 heterocycles. The Morgan fingerprint density at radius 2 is 2.38 bits per heavy atom. The lowest BCUT2D eigenvalue weighted by atomic mass is 10.7. The van der Waals surface area contributed by atoms with E-state index in [0.717, 1.165) is 0 Å². The summed E-state index contributed by atoms with van der Waals surface area (Å²) in [5, 5.41) is 0. The number of carbonyl (C=O) groups is 1. The second-order valence-electron chi connectivity index (χ2n) is 0.919. The summed E-state index contributed by atoms with van der Waals surface area (Å²) in [4.78, 5) is 9.71. The third kappa shape index (κ3) is 8.87. The molecule has 1 amide bonds. The molecular formula is C4H8FNO2. The molecule has 2 N–H and O–H groups in total. The number of rotatable bonds is 2. The van der Waals surface area contributed by atoms with E-state index in [4.69, 9.17) is 0 Å². The van der Waals surface area contributed by atoms with Gasteiger partial charge in [-0.3, -0.25) is 4.70 Å². The second kappa shape index (κ2) is 5.94. The fraction of sp³-hybridized carbons (Fsp3) is 0.250. The van der Waals surface area contributed by atoms with Gasteiger partial charge < -0.3 is 10.5 Å². The number of halogens is 1. The third-order valence-electron chi connectivity index (χ3n) is 0.343. The lowest BCUT2D eigenvalue weighted by Crippen LogP contribution is -2.12. The van der Waals surface area contributed by atoms with Crippen LogP contribution < -0.4 is 5.73 Å². The van der Waals surface area contributed by atoms with E-state index in [0.29, 0.717) is 0 Å². The Labute approximate surface area is 46.5 Å².